The van der Waals surface area contributed by atoms with E-state index in [4.69, 9.17) is 0 Å². The maximum absolute atomic E-state index is 10.6. The summed E-state index contributed by atoms with van der Waals surface area (Å²) in [5, 5.41) is 14.1. The first kappa shape index (κ1) is 12.6. The number of likely N-dealkylation sites (tertiary alicyclic amines) is 1. The molecule has 2 rings (SSSR count). The van der Waals surface area contributed by atoms with Gasteiger partial charge in [-0.1, -0.05) is 0 Å². The lowest BCUT2D eigenvalue weighted by Crippen LogP contribution is -2.23. The van der Waals surface area contributed by atoms with Crippen LogP contribution in [0.4, 0.5) is 11.4 Å². The minimum absolute atomic E-state index is 0.142. The summed E-state index contributed by atoms with van der Waals surface area (Å²) in [4.78, 5) is 12.5. The summed E-state index contributed by atoms with van der Waals surface area (Å²) in [6.07, 6.45) is 1.11. The van der Waals surface area contributed by atoms with Crippen LogP contribution in [-0.4, -0.2) is 36.0 Å². The molecule has 1 aliphatic rings. The zero-order valence-corrected chi connectivity index (χ0v) is 11.7. The Labute approximate surface area is 113 Å². The van der Waals surface area contributed by atoms with Gasteiger partial charge in [-0.15, -0.1) is 0 Å². The van der Waals surface area contributed by atoms with Crippen molar-refractivity contribution in [2.45, 2.75) is 12.5 Å². The van der Waals surface area contributed by atoms with Gasteiger partial charge >= 0.3 is 0 Å². The van der Waals surface area contributed by atoms with Crippen molar-refractivity contribution in [1.29, 1.82) is 0 Å². The van der Waals surface area contributed by atoms with Crippen LogP contribution in [0.5, 0.6) is 0 Å². The highest BCUT2D eigenvalue weighted by molar-refractivity contribution is 14.1. The minimum Gasteiger partial charge on any atom is -0.380 e. The van der Waals surface area contributed by atoms with E-state index in [1.807, 2.05) is 0 Å². The van der Waals surface area contributed by atoms with Crippen LogP contribution >= 0.6 is 22.6 Å². The van der Waals surface area contributed by atoms with Gasteiger partial charge in [-0.25, -0.2) is 0 Å². The summed E-state index contributed by atoms with van der Waals surface area (Å²) in [5.74, 6) is 0. The van der Waals surface area contributed by atoms with Gasteiger partial charge in [-0.2, -0.15) is 0 Å². The molecule has 1 N–H and O–H groups in total. The summed E-state index contributed by atoms with van der Waals surface area (Å²) in [6.45, 7) is 2.12. The van der Waals surface area contributed by atoms with Crippen molar-refractivity contribution in [1.82, 2.24) is 4.90 Å². The van der Waals surface area contributed by atoms with E-state index in [1.54, 1.807) is 18.2 Å². The second-order valence-corrected chi connectivity index (χ2v) is 5.48. The Kier molecular flexibility index (Phi) is 3.82. The first-order valence-corrected chi connectivity index (χ1v) is 6.53. The van der Waals surface area contributed by atoms with Gasteiger partial charge in [0.25, 0.3) is 5.69 Å². The third kappa shape index (κ3) is 3.06. The van der Waals surface area contributed by atoms with Crippen LogP contribution in [-0.2, 0) is 0 Å². The number of anilines is 1. The van der Waals surface area contributed by atoms with Gasteiger partial charge in [0.05, 0.1) is 4.92 Å². The molecule has 0 amide bonds. The van der Waals surface area contributed by atoms with Crippen LogP contribution in [0, 0.1) is 13.7 Å². The number of non-ortho nitro benzene ring substituents is 1. The van der Waals surface area contributed by atoms with Gasteiger partial charge < -0.3 is 10.2 Å². The first-order chi connectivity index (χ1) is 8.06. The first-order valence-electron chi connectivity index (χ1n) is 5.45. The predicted molar refractivity (Wildman–Crippen MR) is 75.3 cm³/mol. The molecule has 1 saturated heterocycles. The Morgan fingerprint density at radius 3 is 2.88 bits per heavy atom. The third-order valence-electron chi connectivity index (χ3n) is 2.91. The number of nitro groups is 1. The molecule has 0 aromatic heterocycles. The maximum atomic E-state index is 10.6. The molecule has 1 heterocycles. The second-order valence-electron chi connectivity index (χ2n) is 4.31. The Bertz CT molecular complexity index is 439. The topological polar surface area (TPSA) is 58.4 Å². The molecule has 5 nitrogen and oxygen atoms in total. The minimum atomic E-state index is -0.366. The van der Waals surface area contributed by atoms with Gasteiger partial charge in [-0.3, -0.25) is 10.1 Å². The van der Waals surface area contributed by atoms with Crippen LogP contribution in [0.25, 0.3) is 0 Å². The Morgan fingerprint density at radius 2 is 2.35 bits per heavy atom. The molecule has 0 bridgehead atoms. The van der Waals surface area contributed by atoms with Crippen LogP contribution in [0.15, 0.2) is 18.2 Å². The van der Waals surface area contributed by atoms with Gasteiger partial charge in [-0.05, 0) is 48.7 Å². The van der Waals surface area contributed by atoms with Crippen LogP contribution in [0.3, 0.4) is 0 Å². The zero-order chi connectivity index (χ0) is 12.4. The molecule has 0 saturated carbocycles. The maximum Gasteiger partial charge on any atom is 0.270 e. The smallest absolute Gasteiger partial charge is 0.270 e. The van der Waals surface area contributed by atoms with Crippen molar-refractivity contribution < 1.29 is 4.92 Å². The summed E-state index contributed by atoms with van der Waals surface area (Å²) < 4.78 is 0.895. The highest BCUT2D eigenvalue weighted by Crippen LogP contribution is 2.25. The average molecular weight is 347 g/mol. The molecule has 1 unspecified atom stereocenters. The van der Waals surface area contributed by atoms with E-state index in [9.17, 15) is 10.1 Å². The normalized spacial score (nSPS) is 20.5. The molecular weight excluding hydrogens is 333 g/mol. The highest BCUT2D eigenvalue weighted by Gasteiger charge is 2.20. The van der Waals surface area contributed by atoms with E-state index in [0.717, 1.165) is 28.8 Å². The van der Waals surface area contributed by atoms with Gasteiger partial charge in [0.2, 0.25) is 0 Å². The molecule has 1 aliphatic heterocycles. The molecule has 92 valence electrons. The Hall–Kier alpha value is -0.890. The molecule has 1 aromatic carbocycles. The van der Waals surface area contributed by atoms with Crippen molar-refractivity contribution in [3.8, 4) is 0 Å². The number of hydrogen-bond donors (Lipinski definition) is 1. The van der Waals surface area contributed by atoms with Gasteiger partial charge in [0.15, 0.2) is 0 Å². The number of nitrogens with one attached hydrogen (secondary N) is 1. The Balaban J connectivity index is 2.09. The lowest BCUT2D eigenvalue weighted by molar-refractivity contribution is -0.384. The standard InChI is InChI=1S/C11H14IN3O2/c1-14-5-4-8(7-14)13-11-3-2-9(15(16)17)6-10(11)12/h2-3,6,8,13H,4-5,7H2,1H3. The molecule has 1 aromatic rings. The molecular formula is C11H14IN3O2. The van der Waals surface area contributed by atoms with Crippen molar-refractivity contribution >= 4 is 34.0 Å². The van der Waals surface area contributed by atoms with E-state index >= 15 is 0 Å². The number of hydrogen-bond acceptors (Lipinski definition) is 4. The summed E-state index contributed by atoms with van der Waals surface area (Å²) >= 11 is 2.13. The van der Waals surface area contributed by atoms with Crippen LogP contribution in [0.2, 0.25) is 0 Å². The van der Waals surface area contributed by atoms with E-state index in [0.29, 0.717) is 6.04 Å². The van der Waals surface area contributed by atoms with Crippen LogP contribution < -0.4 is 5.32 Å². The van der Waals surface area contributed by atoms with E-state index < -0.39 is 0 Å². The molecule has 0 aliphatic carbocycles. The highest BCUT2D eigenvalue weighted by atomic mass is 127. The number of nitrogens with zero attached hydrogens (tertiary/aromatic N) is 2. The zero-order valence-electron chi connectivity index (χ0n) is 9.52. The van der Waals surface area contributed by atoms with Gasteiger partial charge in [0.1, 0.15) is 0 Å². The molecule has 17 heavy (non-hydrogen) atoms. The van der Waals surface area contributed by atoms with Crippen molar-refractivity contribution in [2.24, 2.45) is 0 Å². The summed E-state index contributed by atoms with van der Waals surface area (Å²) in [7, 11) is 2.10. The van der Waals surface area contributed by atoms with E-state index in [-0.39, 0.29) is 10.6 Å². The molecule has 6 heteroatoms. The largest absolute Gasteiger partial charge is 0.380 e. The second kappa shape index (κ2) is 5.18. The van der Waals surface area contributed by atoms with E-state index in [1.165, 1.54) is 0 Å². The fraction of sp³-hybridized carbons (Fsp3) is 0.455. The van der Waals surface area contributed by atoms with Crippen LogP contribution in [0.1, 0.15) is 6.42 Å². The molecule has 0 spiro atoms. The quantitative estimate of drug-likeness (QED) is 0.518. The SMILES string of the molecule is CN1CCC(Nc2ccc([N+](=O)[O-])cc2I)C1. The van der Waals surface area contributed by atoms with Gasteiger partial charge in [0, 0.05) is 34.0 Å². The lowest BCUT2D eigenvalue weighted by Gasteiger charge is -2.15. The number of likely N-dealkylation sites (N-methyl/N-ethyl adjacent to an activating group) is 1. The lowest BCUT2D eigenvalue weighted by atomic mass is 10.2. The van der Waals surface area contributed by atoms with Crippen molar-refractivity contribution in [2.75, 3.05) is 25.5 Å². The fourth-order valence-corrected chi connectivity index (χ4v) is 2.66. The molecule has 0 radical (unpaired) electrons. The number of halogens is 1. The predicted octanol–water partition coefficient (Wildman–Crippen LogP) is 2.32. The number of nitro benzene ring substituents is 1. The van der Waals surface area contributed by atoms with Crippen molar-refractivity contribution in [3.63, 3.8) is 0 Å². The number of rotatable bonds is 3. The summed E-state index contributed by atoms with van der Waals surface area (Å²) in [6, 6.07) is 5.37. The van der Waals surface area contributed by atoms with Crippen molar-refractivity contribution in [3.05, 3.63) is 31.9 Å². The third-order valence-corrected chi connectivity index (χ3v) is 3.81. The fourth-order valence-electron chi connectivity index (χ4n) is 2.01. The average Bonchev–Trinajstić information content (AvgIpc) is 2.67. The summed E-state index contributed by atoms with van der Waals surface area (Å²) in [5.41, 5.74) is 1.12. The molecule has 1 fully saturated rings. The monoisotopic (exact) mass is 347 g/mol. The van der Waals surface area contributed by atoms with E-state index in [2.05, 4.69) is 39.9 Å². The Morgan fingerprint density at radius 1 is 1.59 bits per heavy atom. The molecule has 1 atom stereocenters. The number of benzene rings is 1.